The molecule has 2 rings (SSSR count). The molecule has 0 aliphatic heterocycles. The van der Waals surface area contributed by atoms with Crippen LogP contribution in [0.25, 0.3) is 0 Å². The highest BCUT2D eigenvalue weighted by Crippen LogP contribution is 2.18. The van der Waals surface area contributed by atoms with Gasteiger partial charge in [-0.15, -0.1) is 0 Å². The van der Waals surface area contributed by atoms with E-state index in [2.05, 4.69) is 27.2 Å². The number of hydrogen-bond acceptors (Lipinski definition) is 5. The third-order valence-electron chi connectivity index (χ3n) is 2.42. The van der Waals surface area contributed by atoms with Crippen molar-refractivity contribution >= 4 is 22.4 Å². The number of thiazole rings is 1. The Morgan fingerprint density at radius 1 is 1.39 bits per heavy atom. The zero-order valence-electron chi connectivity index (χ0n) is 10.1. The van der Waals surface area contributed by atoms with Gasteiger partial charge < -0.3 is 10.1 Å². The van der Waals surface area contributed by atoms with Crippen molar-refractivity contribution in [3.63, 3.8) is 0 Å². The zero-order chi connectivity index (χ0) is 12.8. The van der Waals surface area contributed by atoms with Crippen LogP contribution in [0, 0.1) is 0 Å². The Bertz CT molecular complexity index is 511. The van der Waals surface area contributed by atoms with Crippen LogP contribution >= 0.6 is 11.3 Å². The smallest absolute Gasteiger partial charge is 0.349 e. The van der Waals surface area contributed by atoms with E-state index >= 15 is 0 Å². The number of esters is 1. The molecule has 2 aromatic rings. The molecule has 0 saturated heterocycles. The number of rotatable bonds is 5. The van der Waals surface area contributed by atoms with Crippen LogP contribution in [0.3, 0.4) is 0 Å². The number of nitrogens with zero attached hydrogens (tertiary/aromatic N) is 1. The highest BCUT2D eigenvalue weighted by atomic mass is 32.1. The largest absolute Gasteiger partial charge is 0.465 e. The molecule has 94 valence electrons. The second kappa shape index (κ2) is 6.16. The summed E-state index contributed by atoms with van der Waals surface area (Å²) in [6.45, 7) is 0.790. The number of nitrogens with one attached hydrogen (secondary N) is 1. The van der Waals surface area contributed by atoms with Gasteiger partial charge in [0.15, 0.2) is 5.13 Å². The summed E-state index contributed by atoms with van der Waals surface area (Å²) in [5.74, 6) is -0.344. The molecule has 4 nitrogen and oxygen atoms in total. The van der Waals surface area contributed by atoms with Gasteiger partial charge in [0.25, 0.3) is 0 Å². The first-order chi connectivity index (χ1) is 8.79. The van der Waals surface area contributed by atoms with Gasteiger partial charge in [0.05, 0.1) is 13.3 Å². The van der Waals surface area contributed by atoms with Crippen molar-refractivity contribution in [3.05, 3.63) is 47.0 Å². The summed E-state index contributed by atoms with van der Waals surface area (Å²) in [5.41, 5.74) is 1.27. The second-order valence-electron chi connectivity index (χ2n) is 3.68. The molecule has 0 aliphatic rings. The maximum Gasteiger partial charge on any atom is 0.349 e. The minimum Gasteiger partial charge on any atom is -0.465 e. The standard InChI is InChI=1S/C13H14N2O2S/c1-17-12(16)11-9-15-13(18-11)14-8-7-10-5-3-2-4-6-10/h2-6,9H,7-8H2,1H3,(H,14,15). The van der Waals surface area contributed by atoms with Gasteiger partial charge in [0, 0.05) is 6.54 Å². The fourth-order valence-corrected chi connectivity index (χ4v) is 2.27. The molecule has 0 bridgehead atoms. The van der Waals surface area contributed by atoms with Crippen molar-refractivity contribution < 1.29 is 9.53 Å². The quantitative estimate of drug-likeness (QED) is 0.841. The molecule has 0 amide bonds. The van der Waals surface area contributed by atoms with Crippen LogP contribution in [0.15, 0.2) is 36.5 Å². The summed E-state index contributed by atoms with van der Waals surface area (Å²) in [6, 6.07) is 10.2. The molecule has 0 spiro atoms. The number of methoxy groups -OCH3 is 1. The Hall–Kier alpha value is -1.88. The summed E-state index contributed by atoms with van der Waals surface area (Å²) >= 11 is 1.30. The van der Waals surface area contributed by atoms with Crippen LogP contribution in [0.4, 0.5) is 5.13 Å². The van der Waals surface area contributed by atoms with Crippen LogP contribution in [-0.4, -0.2) is 24.6 Å². The maximum atomic E-state index is 11.2. The molecule has 18 heavy (non-hydrogen) atoms. The van der Waals surface area contributed by atoms with E-state index in [0.29, 0.717) is 4.88 Å². The maximum absolute atomic E-state index is 11.2. The summed E-state index contributed by atoms with van der Waals surface area (Å²) in [5, 5.41) is 3.93. The topological polar surface area (TPSA) is 51.2 Å². The molecule has 5 heteroatoms. The summed E-state index contributed by atoms with van der Waals surface area (Å²) in [4.78, 5) is 15.9. The van der Waals surface area contributed by atoms with E-state index in [1.54, 1.807) is 0 Å². The number of ether oxygens (including phenoxy) is 1. The van der Waals surface area contributed by atoms with Crippen molar-refractivity contribution in [2.45, 2.75) is 6.42 Å². The van der Waals surface area contributed by atoms with Gasteiger partial charge in [-0.25, -0.2) is 9.78 Å². The normalized spacial score (nSPS) is 10.1. The average molecular weight is 262 g/mol. The molecule has 0 radical (unpaired) electrons. The van der Waals surface area contributed by atoms with E-state index < -0.39 is 0 Å². The summed E-state index contributed by atoms with van der Waals surface area (Å²) in [6.07, 6.45) is 2.45. The lowest BCUT2D eigenvalue weighted by Crippen LogP contribution is -2.04. The molecule has 0 unspecified atom stereocenters. The Labute approximate surface area is 110 Å². The van der Waals surface area contributed by atoms with Crippen LogP contribution < -0.4 is 5.32 Å². The van der Waals surface area contributed by atoms with Crippen molar-refractivity contribution in [2.75, 3.05) is 19.0 Å². The molecule has 0 fully saturated rings. The lowest BCUT2D eigenvalue weighted by Gasteiger charge is -2.02. The van der Waals surface area contributed by atoms with Crippen molar-refractivity contribution in [1.29, 1.82) is 0 Å². The summed E-state index contributed by atoms with van der Waals surface area (Å²) in [7, 11) is 1.37. The van der Waals surface area contributed by atoms with Gasteiger partial charge in [-0.05, 0) is 12.0 Å². The molecule has 1 N–H and O–H groups in total. The predicted molar refractivity (Wildman–Crippen MR) is 72.1 cm³/mol. The third-order valence-corrected chi connectivity index (χ3v) is 3.36. The molecular weight excluding hydrogens is 248 g/mol. The molecule has 1 aromatic carbocycles. The highest BCUT2D eigenvalue weighted by Gasteiger charge is 2.09. The number of anilines is 1. The first-order valence-corrected chi connectivity index (χ1v) is 6.43. The minimum atomic E-state index is -0.344. The van der Waals surface area contributed by atoms with Gasteiger partial charge in [0.2, 0.25) is 0 Å². The number of hydrogen-bond donors (Lipinski definition) is 1. The van der Waals surface area contributed by atoms with Gasteiger partial charge in [-0.3, -0.25) is 0 Å². The van der Waals surface area contributed by atoms with E-state index in [9.17, 15) is 4.79 Å². The Morgan fingerprint density at radius 3 is 2.89 bits per heavy atom. The minimum absolute atomic E-state index is 0.344. The lowest BCUT2D eigenvalue weighted by atomic mass is 10.2. The van der Waals surface area contributed by atoms with E-state index in [4.69, 9.17) is 0 Å². The molecule has 1 heterocycles. The summed E-state index contributed by atoms with van der Waals surface area (Å²) < 4.78 is 4.63. The monoisotopic (exact) mass is 262 g/mol. The predicted octanol–water partition coefficient (Wildman–Crippen LogP) is 2.58. The molecule has 0 aliphatic carbocycles. The molecule has 0 saturated carbocycles. The lowest BCUT2D eigenvalue weighted by molar-refractivity contribution is 0.0606. The number of carbonyl (C=O) groups is 1. The Morgan fingerprint density at radius 2 is 2.17 bits per heavy atom. The number of aromatic nitrogens is 1. The zero-order valence-corrected chi connectivity index (χ0v) is 10.9. The first-order valence-electron chi connectivity index (χ1n) is 5.61. The highest BCUT2D eigenvalue weighted by molar-refractivity contribution is 7.17. The van der Waals surface area contributed by atoms with Crippen molar-refractivity contribution in [2.24, 2.45) is 0 Å². The van der Waals surface area contributed by atoms with Crippen LogP contribution in [0.2, 0.25) is 0 Å². The first kappa shape index (κ1) is 12.6. The Balaban J connectivity index is 1.84. The Kier molecular flexibility index (Phi) is 4.30. The van der Waals surface area contributed by atoms with E-state index in [1.807, 2.05) is 18.2 Å². The number of carbonyl (C=O) groups excluding carboxylic acids is 1. The second-order valence-corrected chi connectivity index (χ2v) is 4.71. The SMILES string of the molecule is COC(=O)c1cnc(NCCc2ccccc2)s1. The fourth-order valence-electron chi connectivity index (χ4n) is 1.51. The van der Waals surface area contributed by atoms with Gasteiger partial charge in [-0.1, -0.05) is 41.7 Å². The van der Waals surface area contributed by atoms with Gasteiger partial charge >= 0.3 is 5.97 Å². The van der Waals surface area contributed by atoms with Crippen LogP contribution in [-0.2, 0) is 11.2 Å². The van der Waals surface area contributed by atoms with Crippen molar-refractivity contribution in [3.8, 4) is 0 Å². The molecular formula is C13H14N2O2S. The number of benzene rings is 1. The van der Waals surface area contributed by atoms with E-state index in [1.165, 1.54) is 30.2 Å². The van der Waals surface area contributed by atoms with E-state index in [-0.39, 0.29) is 5.97 Å². The van der Waals surface area contributed by atoms with Gasteiger partial charge in [0.1, 0.15) is 4.88 Å². The van der Waals surface area contributed by atoms with Crippen molar-refractivity contribution in [1.82, 2.24) is 4.98 Å². The molecule has 1 aromatic heterocycles. The van der Waals surface area contributed by atoms with E-state index in [0.717, 1.165) is 18.1 Å². The van der Waals surface area contributed by atoms with Gasteiger partial charge in [-0.2, -0.15) is 0 Å². The van der Waals surface area contributed by atoms with Crippen LogP contribution in [0.5, 0.6) is 0 Å². The third kappa shape index (κ3) is 3.30. The fraction of sp³-hybridized carbons (Fsp3) is 0.231. The average Bonchev–Trinajstić information content (AvgIpc) is 2.88. The van der Waals surface area contributed by atoms with Crippen LogP contribution in [0.1, 0.15) is 15.2 Å². The molecule has 0 atom stereocenters.